The Balaban J connectivity index is 1.85. The van der Waals surface area contributed by atoms with Crippen molar-refractivity contribution in [2.24, 2.45) is 5.73 Å². The Morgan fingerprint density at radius 3 is 2.42 bits per heavy atom. The fourth-order valence-corrected chi connectivity index (χ4v) is 4.21. The number of alkyl halides is 3. The number of halogens is 4. The highest BCUT2D eigenvalue weighted by Crippen LogP contribution is 2.41. The van der Waals surface area contributed by atoms with Gasteiger partial charge in [0.1, 0.15) is 27.5 Å². The lowest BCUT2D eigenvalue weighted by atomic mass is 10.0. The van der Waals surface area contributed by atoms with Crippen molar-refractivity contribution in [2.75, 3.05) is 5.73 Å². The molecule has 182 valence electrons. The number of aryl methyl sites for hydroxylation is 1. The van der Waals surface area contributed by atoms with Gasteiger partial charge in [0.25, 0.3) is 5.91 Å². The first-order valence-corrected chi connectivity index (χ1v) is 11.0. The molecule has 5 aromatic rings. The number of pyridine rings is 2. The summed E-state index contributed by atoms with van der Waals surface area (Å²) in [5.41, 5.74) is 9.86. The second-order valence-electron chi connectivity index (χ2n) is 7.73. The molecule has 10 nitrogen and oxygen atoms in total. The molecule has 0 radical (unpaired) electrons. The van der Waals surface area contributed by atoms with Crippen LogP contribution in [0.25, 0.3) is 33.4 Å². The van der Waals surface area contributed by atoms with Crippen LogP contribution in [0.5, 0.6) is 0 Å². The van der Waals surface area contributed by atoms with Crippen molar-refractivity contribution in [3.63, 3.8) is 0 Å². The van der Waals surface area contributed by atoms with Gasteiger partial charge in [0.2, 0.25) is 0 Å². The fourth-order valence-electron chi connectivity index (χ4n) is 3.83. The predicted molar refractivity (Wildman–Crippen MR) is 127 cm³/mol. The number of fused-ring (bicyclic) bond motifs is 1. The predicted octanol–water partition coefficient (Wildman–Crippen LogP) is 3.83. The van der Waals surface area contributed by atoms with Gasteiger partial charge in [0.15, 0.2) is 5.69 Å². The van der Waals surface area contributed by atoms with E-state index in [1.807, 2.05) is 0 Å². The summed E-state index contributed by atoms with van der Waals surface area (Å²) in [6.45, 7) is 1.71. The minimum Gasteiger partial charge on any atom is -0.383 e. The Labute approximate surface area is 208 Å². The van der Waals surface area contributed by atoms with Gasteiger partial charge < -0.3 is 11.5 Å². The van der Waals surface area contributed by atoms with Crippen LogP contribution in [0.4, 0.5) is 19.0 Å². The van der Waals surface area contributed by atoms with Gasteiger partial charge in [0, 0.05) is 17.1 Å². The number of nitrogens with zero attached hydrogens (tertiary/aromatic N) is 7. The molecule has 0 aliphatic carbocycles. The lowest BCUT2D eigenvalue weighted by Gasteiger charge is -2.13. The lowest BCUT2D eigenvalue weighted by Crippen LogP contribution is -2.21. The second kappa shape index (κ2) is 8.41. The van der Waals surface area contributed by atoms with Gasteiger partial charge >= 0.3 is 6.18 Å². The van der Waals surface area contributed by atoms with Gasteiger partial charge in [-0.05, 0) is 34.3 Å². The average molecular weight is 558 g/mol. The SMILES string of the molecule is Cc1cnn(-c2cnc(Br)c(-n3nc(-c4cnc(N)c5ccccc45)c(C(N)=O)c3C(F)(F)F)c2)n1. The molecule has 4 N–H and O–H groups in total. The van der Waals surface area contributed by atoms with Gasteiger partial charge in [0.05, 0.1) is 23.7 Å². The zero-order valence-electron chi connectivity index (χ0n) is 18.3. The molecule has 1 aromatic carbocycles. The lowest BCUT2D eigenvalue weighted by molar-refractivity contribution is -0.143. The summed E-state index contributed by atoms with van der Waals surface area (Å²) in [5.74, 6) is -1.14. The van der Waals surface area contributed by atoms with Crippen LogP contribution >= 0.6 is 15.9 Å². The molecule has 0 atom stereocenters. The Kier molecular flexibility index (Phi) is 5.47. The second-order valence-corrected chi connectivity index (χ2v) is 8.48. The maximum Gasteiger partial charge on any atom is 0.434 e. The summed E-state index contributed by atoms with van der Waals surface area (Å²) in [4.78, 5) is 21.9. The summed E-state index contributed by atoms with van der Waals surface area (Å²) >= 11 is 3.19. The van der Waals surface area contributed by atoms with Gasteiger partial charge in [-0.25, -0.2) is 14.6 Å². The van der Waals surface area contributed by atoms with E-state index in [0.717, 1.165) is 0 Å². The Morgan fingerprint density at radius 1 is 1.06 bits per heavy atom. The van der Waals surface area contributed by atoms with E-state index in [9.17, 15) is 18.0 Å². The summed E-state index contributed by atoms with van der Waals surface area (Å²) in [6.07, 6.45) is -0.893. The molecule has 1 amide bonds. The molecule has 0 spiro atoms. The number of nitrogens with two attached hydrogens (primary N) is 2. The molecule has 0 bridgehead atoms. The maximum absolute atomic E-state index is 14.5. The molecule has 0 aliphatic rings. The monoisotopic (exact) mass is 557 g/mol. The maximum atomic E-state index is 14.5. The van der Waals surface area contributed by atoms with Crippen molar-refractivity contribution in [3.8, 4) is 22.6 Å². The minimum atomic E-state index is -5.01. The number of rotatable bonds is 4. The zero-order chi connectivity index (χ0) is 25.8. The molecule has 0 unspecified atom stereocenters. The number of carbonyl (C=O) groups is 1. The molecule has 0 saturated carbocycles. The van der Waals surface area contributed by atoms with Crippen molar-refractivity contribution in [1.29, 1.82) is 0 Å². The fraction of sp³-hybridized carbons (Fsp3) is 0.0909. The van der Waals surface area contributed by atoms with Gasteiger partial charge in [-0.2, -0.15) is 28.5 Å². The van der Waals surface area contributed by atoms with Crippen molar-refractivity contribution < 1.29 is 18.0 Å². The van der Waals surface area contributed by atoms with Crippen molar-refractivity contribution in [1.82, 2.24) is 34.7 Å². The van der Waals surface area contributed by atoms with E-state index in [1.165, 1.54) is 29.5 Å². The first kappa shape index (κ1) is 23.4. The Bertz CT molecular complexity index is 1660. The number of hydrogen-bond acceptors (Lipinski definition) is 7. The summed E-state index contributed by atoms with van der Waals surface area (Å²) in [5, 5.41) is 13.4. The van der Waals surface area contributed by atoms with E-state index < -0.39 is 23.3 Å². The van der Waals surface area contributed by atoms with E-state index in [0.29, 0.717) is 21.1 Å². The molecule has 0 aliphatic heterocycles. The summed E-state index contributed by atoms with van der Waals surface area (Å²) in [6, 6.07) is 8.05. The molecule has 14 heteroatoms. The molecule has 4 aromatic heterocycles. The van der Waals surface area contributed by atoms with Crippen molar-refractivity contribution >= 4 is 38.4 Å². The summed E-state index contributed by atoms with van der Waals surface area (Å²) in [7, 11) is 0. The minimum absolute atomic E-state index is 0.0333. The number of hydrogen-bond donors (Lipinski definition) is 2. The van der Waals surface area contributed by atoms with E-state index in [2.05, 4.69) is 41.2 Å². The third kappa shape index (κ3) is 3.84. The van der Waals surface area contributed by atoms with Crippen LogP contribution in [-0.4, -0.2) is 40.6 Å². The summed E-state index contributed by atoms with van der Waals surface area (Å²) < 4.78 is 44.0. The number of carbonyl (C=O) groups excluding carboxylic acids is 1. The third-order valence-electron chi connectivity index (χ3n) is 5.35. The highest BCUT2D eigenvalue weighted by Gasteiger charge is 2.43. The normalized spacial score (nSPS) is 11.8. The molecule has 5 rings (SSSR count). The van der Waals surface area contributed by atoms with Gasteiger partial charge in [-0.1, -0.05) is 24.3 Å². The van der Waals surface area contributed by atoms with Gasteiger partial charge in [-0.3, -0.25) is 4.79 Å². The van der Waals surface area contributed by atoms with Gasteiger partial charge in [-0.15, -0.1) is 4.80 Å². The highest BCUT2D eigenvalue weighted by atomic mass is 79.9. The van der Waals surface area contributed by atoms with Crippen LogP contribution in [0.1, 0.15) is 21.7 Å². The first-order valence-electron chi connectivity index (χ1n) is 10.2. The van der Waals surface area contributed by atoms with Crippen LogP contribution < -0.4 is 11.5 Å². The van der Waals surface area contributed by atoms with Crippen LogP contribution in [-0.2, 0) is 6.18 Å². The van der Waals surface area contributed by atoms with Crippen molar-refractivity contribution in [2.45, 2.75) is 13.1 Å². The molecule has 4 heterocycles. The number of amides is 1. The molecule has 0 fully saturated rings. The van der Waals surface area contributed by atoms with E-state index >= 15 is 0 Å². The van der Waals surface area contributed by atoms with Crippen LogP contribution in [0.3, 0.4) is 0 Å². The average Bonchev–Trinajstić information content (AvgIpc) is 3.44. The quantitative estimate of drug-likeness (QED) is 0.319. The number of primary amides is 1. The molecule has 0 saturated heterocycles. The molecular formula is C22H15BrF3N9O. The largest absolute Gasteiger partial charge is 0.434 e. The van der Waals surface area contributed by atoms with Crippen LogP contribution in [0.2, 0.25) is 0 Å². The number of nitrogen functional groups attached to an aromatic ring is 1. The Morgan fingerprint density at radius 2 is 1.78 bits per heavy atom. The standard InChI is InChI=1S/C22H15BrF3N9O/c1-10-7-31-35(32-10)11-6-15(19(23)29-8-11)34-18(22(24,25)26)16(21(28)36)17(33-34)14-9-30-20(27)13-5-3-2-4-12(13)14/h2-9H,1H3,(H2,27,30)(H2,28,36). The van der Waals surface area contributed by atoms with Crippen LogP contribution in [0, 0.1) is 6.92 Å². The van der Waals surface area contributed by atoms with Crippen molar-refractivity contribution in [3.05, 3.63) is 70.5 Å². The first-order chi connectivity index (χ1) is 17.1. The molecular weight excluding hydrogens is 543 g/mol. The van der Waals surface area contributed by atoms with E-state index in [-0.39, 0.29) is 33.1 Å². The van der Waals surface area contributed by atoms with E-state index in [4.69, 9.17) is 11.5 Å². The molecule has 36 heavy (non-hydrogen) atoms. The highest BCUT2D eigenvalue weighted by molar-refractivity contribution is 9.10. The number of aromatic nitrogens is 7. The number of benzene rings is 1. The number of anilines is 1. The smallest absolute Gasteiger partial charge is 0.383 e. The van der Waals surface area contributed by atoms with Crippen LogP contribution in [0.15, 0.2) is 53.5 Å². The third-order valence-corrected chi connectivity index (χ3v) is 5.96. The Hall–Kier alpha value is -4.33. The topological polar surface area (TPSA) is 143 Å². The zero-order valence-corrected chi connectivity index (χ0v) is 19.9. The van der Waals surface area contributed by atoms with E-state index in [1.54, 1.807) is 31.2 Å².